The average molecular weight is 210 g/mol. The van der Waals surface area contributed by atoms with Gasteiger partial charge in [0.05, 0.1) is 24.0 Å². The molecule has 15 heavy (non-hydrogen) atoms. The Morgan fingerprint density at radius 1 is 1.80 bits per heavy atom. The number of H-pyrrole nitrogens is 1. The first-order chi connectivity index (χ1) is 7.11. The van der Waals surface area contributed by atoms with Crippen molar-refractivity contribution in [1.82, 2.24) is 15.5 Å². The number of carbonyl (C=O) groups is 1. The first kappa shape index (κ1) is 9.97. The molecule has 6 nitrogen and oxygen atoms in total. The second-order valence-corrected chi connectivity index (χ2v) is 4.02. The number of carbonyl (C=O) groups excluding carboxylic acids is 1. The van der Waals surface area contributed by atoms with E-state index in [0.29, 0.717) is 24.6 Å². The third-order valence-electron chi connectivity index (χ3n) is 2.53. The summed E-state index contributed by atoms with van der Waals surface area (Å²) >= 11 is 0. The van der Waals surface area contributed by atoms with Gasteiger partial charge in [-0.25, -0.2) is 0 Å². The van der Waals surface area contributed by atoms with E-state index in [1.807, 2.05) is 6.92 Å². The molecule has 1 aromatic heterocycles. The summed E-state index contributed by atoms with van der Waals surface area (Å²) in [6.07, 6.45) is 2.23. The van der Waals surface area contributed by atoms with E-state index in [-0.39, 0.29) is 11.4 Å². The van der Waals surface area contributed by atoms with Crippen molar-refractivity contribution in [2.24, 2.45) is 0 Å². The molecule has 0 spiro atoms. The van der Waals surface area contributed by atoms with Crippen LogP contribution in [0.4, 0.5) is 5.69 Å². The van der Waals surface area contributed by atoms with Gasteiger partial charge in [-0.1, -0.05) is 0 Å². The molecule has 2 heterocycles. The minimum atomic E-state index is -0.297. The molecule has 6 heteroatoms. The van der Waals surface area contributed by atoms with Gasteiger partial charge in [0, 0.05) is 6.61 Å². The number of anilines is 1. The maximum absolute atomic E-state index is 11.8. The van der Waals surface area contributed by atoms with Crippen LogP contribution in [0.25, 0.3) is 0 Å². The highest BCUT2D eigenvalue weighted by Gasteiger charge is 2.32. The molecule has 0 saturated carbocycles. The van der Waals surface area contributed by atoms with Gasteiger partial charge in [-0.15, -0.1) is 0 Å². The quantitative estimate of drug-likeness (QED) is 0.635. The first-order valence-corrected chi connectivity index (χ1v) is 4.80. The van der Waals surface area contributed by atoms with Crippen LogP contribution in [-0.4, -0.2) is 34.9 Å². The van der Waals surface area contributed by atoms with E-state index >= 15 is 0 Å². The normalized spacial score (nSPS) is 25.4. The van der Waals surface area contributed by atoms with E-state index < -0.39 is 0 Å². The van der Waals surface area contributed by atoms with E-state index in [1.54, 1.807) is 0 Å². The molecular formula is C9H14N4O2. The third-order valence-corrected chi connectivity index (χ3v) is 2.53. The number of nitrogens with one attached hydrogen (secondary N) is 2. The van der Waals surface area contributed by atoms with E-state index in [4.69, 9.17) is 10.5 Å². The lowest BCUT2D eigenvalue weighted by Crippen LogP contribution is -2.46. The van der Waals surface area contributed by atoms with Crippen LogP contribution >= 0.6 is 0 Å². The van der Waals surface area contributed by atoms with Crippen molar-refractivity contribution in [2.75, 3.05) is 18.9 Å². The summed E-state index contributed by atoms with van der Waals surface area (Å²) in [7, 11) is 0. The molecule has 0 aromatic carbocycles. The Balaban J connectivity index is 2.07. The number of ether oxygens (including phenoxy) is 1. The fraction of sp³-hybridized carbons (Fsp3) is 0.556. The summed E-state index contributed by atoms with van der Waals surface area (Å²) in [6.45, 7) is 3.16. The van der Waals surface area contributed by atoms with Crippen molar-refractivity contribution in [3.8, 4) is 0 Å². The number of aromatic nitrogens is 2. The van der Waals surface area contributed by atoms with E-state index in [1.165, 1.54) is 6.20 Å². The highest BCUT2D eigenvalue weighted by molar-refractivity contribution is 5.97. The minimum absolute atomic E-state index is 0.238. The van der Waals surface area contributed by atoms with Crippen LogP contribution in [-0.2, 0) is 4.74 Å². The molecule has 1 unspecified atom stereocenters. The fourth-order valence-corrected chi connectivity index (χ4v) is 1.58. The molecule has 0 radical (unpaired) electrons. The zero-order valence-electron chi connectivity index (χ0n) is 8.54. The molecule has 82 valence electrons. The van der Waals surface area contributed by atoms with Gasteiger partial charge in [0.15, 0.2) is 0 Å². The Labute approximate surface area is 87.2 Å². The number of nitrogens with two attached hydrogens (primary N) is 1. The van der Waals surface area contributed by atoms with Crippen molar-refractivity contribution in [1.29, 1.82) is 0 Å². The van der Waals surface area contributed by atoms with E-state index in [9.17, 15) is 4.79 Å². The van der Waals surface area contributed by atoms with Crippen molar-refractivity contribution in [3.05, 3.63) is 11.9 Å². The maximum atomic E-state index is 11.8. The summed E-state index contributed by atoms with van der Waals surface area (Å²) in [5.41, 5.74) is 5.94. The largest absolute Gasteiger partial charge is 0.396 e. The number of nitrogen functional groups attached to an aromatic ring is 1. The van der Waals surface area contributed by atoms with Crippen LogP contribution in [0.1, 0.15) is 23.8 Å². The van der Waals surface area contributed by atoms with E-state index in [0.717, 1.165) is 6.42 Å². The summed E-state index contributed by atoms with van der Waals surface area (Å²) in [5.74, 6) is -0.238. The SMILES string of the molecule is CC1(NC(=O)c2[nH]ncc2N)CCOC1. The molecule has 0 bridgehead atoms. The van der Waals surface area contributed by atoms with Crippen LogP contribution in [0, 0.1) is 0 Å². The van der Waals surface area contributed by atoms with Crippen molar-refractivity contribution < 1.29 is 9.53 Å². The monoisotopic (exact) mass is 210 g/mol. The Morgan fingerprint density at radius 2 is 2.60 bits per heavy atom. The molecule has 1 aromatic rings. The fourth-order valence-electron chi connectivity index (χ4n) is 1.58. The van der Waals surface area contributed by atoms with Crippen LogP contribution in [0.5, 0.6) is 0 Å². The van der Waals surface area contributed by atoms with Crippen LogP contribution in [0.15, 0.2) is 6.20 Å². The van der Waals surface area contributed by atoms with E-state index in [2.05, 4.69) is 15.5 Å². The molecule has 0 aliphatic carbocycles. The summed E-state index contributed by atoms with van der Waals surface area (Å²) in [4.78, 5) is 11.8. The molecule has 2 rings (SSSR count). The minimum Gasteiger partial charge on any atom is -0.396 e. The number of hydrogen-bond acceptors (Lipinski definition) is 4. The number of rotatable bonds is 2. The maximum Gasteiger partial charge on any atom is 0.271 e. The number of nitrogens with zero attached hydrogens (tertiary/aromatic N) is 1. The molecule has 1 aliphatic rings. The zero-order chi connectivity index (χ0) is 10.9. The Hall–Kier alpha value is -1.56. The molecule has 1 aliphatic heterocycles. The number of hydrogen-bond donors (Lipinski definition) is 3. The summed E-state index contributed by atoms with van der Waals surface area (Å²) in [6, 6.07) is 0. The molecule has 4 N–H and O–H groups in total. The molecule has 1 amide bonds. The summed E-state index contributed by atoms with van der Waals surface area (Å²) in [5, 5.41) is 9.15. The van der Waals surface area contributed by atoms with Gasteiger partial charge in [-0.3, -0.25) is 9.89 Å². The lowest BCUT2D eigenvalue weighted by molar-refractivity contribution is 0.0885. The van der Waals surface area contributed by atoms with Crippen molar-refractivity contribution in [2.45, 2.75) is 18.9 Å². The molecule has 1 atom stereocenters. The first-order valence-electron chi connectivity index (χ1n) is 4.80. The average Bonchev–Trinajstić information content (AvgIpc) is 2.74. The smallest absolute Gasteiger partial charge is 0.271 e. The zero-order valence-corrected chi connectivity index (χ0v) is 8.54. The Morgan fingerprint density at radius 3 is 3.13 bits per heavy atom. The van der Waals surface area contributed by atoms with Gasteiger partial charge in [0.2, 0.25) is 0 Å². The predicted molar refractivity (Wildman–Crippen MR) is 54.3 cm³/mol. The summed E-state index contributed by atoms with van der Waals surface area (Å²) < 4.78 is 5.24. The van der Waals surface area contributed by atoms with Gasteiger partial charge in [-0.2, -0.15) is 5.10 Å². The predicted octanol–water partition coefficient (Wildman–Crippen LogP) is -0.0993. The highest BCUT2D eigenvalue weighted by atomic mass is 16.5. The molecule has 1 fully saturated rings. The topological polar surface area (TPSA) is 93.0 Å². The lowest BCUT2D eigenvalue weighted by atomic mass is 10.0. The second kappa shape index (κ2) is 3.54. The van der Waals surface area contributed by atoms with Crippen LogP contribution < -0.4 is 11.1 Å². The standard InChI is InChI=1S/C9H14N4O2/c1-9(2-3-15-5-9)12-8(14)7-6(10)4-11-13-7/h4H,2-3,5,10H2,1H3,(H,11,13)(H,12,14). The lowest BCUT2D eigenvalue weighted by Gasteiger charge is -2.23. The van der Waals surface area contributed by atoms with Gasteiger partial charge in [-0.05, 0) is 13.3 Å². The van der Waals surface area contributed by atoms with Crippen molar-refractivity contribution in [3.63, 3.8) is 0 Å². The number of aromatic amines is 1. The number of amides is 1. The molecule has 1 saturated heterocycles. The van der Waals surface area contributed by atoms with Crippen LogP contribution in [0.3, 0.4) is 0 Å². The second-order valence-electron chi connectivity index (χ2n) is 4.02. The molecular weight excluding hydrogens is 196 g/mol. The van der Waals surface area contributed by atoms with Gasteiger partial charge in [0.1, 0.15) is 5.69 Å². The van der Waals surface area contributed by atoms with Crippen molar-refractivity contribution >= 4 is 11.6 Å². The Kier molecular flexibility index (Phi) is 2.36. The van der Waals surface area contributed by atoms with Gasteiger partial charge >= 0.3 is 0 Å². The van der Waals surface area contributed by atoms with Gasteiger partial charge in [0.25, 0.3) is 5.91 Å². The van der Waals surface area contributed by atoms with Gasteiger partial charge < -0.3 is 15.8 Å². The van der Waals surface area contributed by atoms with Crippen LogP contribution in [0.2, 0.25) is 0 Å². The Bertz CT molecular complexity index is 368. The highest BCUT2D eigenvalue weighted by Crippen LogP contribution is 2.18. The third kappa shape index (κ3) is 1.94.